The molecule has 0 atom stereocenters. The Bertz CT molecular complexity index is 569. The van der Waals surface area contributed by atoms with E-state index in [9.17, 15) is 9.90 Å². The highest BCUT2D eigenvalue weighted by atomic mass is 16.6. The van der Waals surface area contributed by atoms with Gasteiger partial charge in [-0.1, -0.05) is 6.07 Å². The van der Waals surface area contributed by atoms with E-state index >= 15 is 0 Å². The molecule has 0 spiro atoms. The molecule has 0 saturated carbocycles. The van der Waals surface area contributed by atoms with Gasteiger partial charge in [0.15, 0.2) is 0 Å². The number of nitrogens with zero attached hydrogens (tertiary/aromatic N) is 1. The number of aryl methyl sites for hydroxylation is 1. The number of benzene rings is 1. The summed E-state index contributed by atoms with van der Waals surface area (Å²) >= 11 is 0. The van der Waals surface area contributed by atoms with Gasteiger partial charge in [0.2, 0.25) is 0 Å². The Balaban J connectivity index is 2.06. The van der Waals surface area contributed by atoms with Crippen LogP contribution < -0.4 is 4.74 Å². The maximum Gasteiger partial charge on any atom is 0.410 e. The van der Waals surface area contributed by atoms with Crippen LogP contribution in [0.5, 0.6) is 5.75 Å². The summed E-state index contributed by atoms with van der Waals surface area (Å²) in [6, 6.07) is 5.70. The third-order valence-electron chi connectivity index (χ3n) is 4.18. The molecule has 1 heterocycles. The summed E-state index contributed by atoms with van der Waals surface area (Å²) in [7, 11) is 1.63. The number of amides is 1. The quantitative estimate of drug-likeness (QED) is 0.908. The zero-order chi connectivity index (χ0) is 17.3. The summed E-state index contributed by atoms with van der Waals surface area (Å²) in [5, 5.41) is 11.0. The van der Waals surface area contributed by atoms with Crippen molar-refractivity contribution in [3.8, 4) is 5.75 Å². The number of methoxy groups -OCH3 is 1. The molecular weight excluding hydrogens is 294 g/mol. The normalized spacial score (nSPS) is 17.7. The molecule has 1 amide bonds. The summed E-state index contributed by atoms with van der Waals surface area (Å²) in [5.74, 6) is 0.779. The van der Waals surface area contributed by atoms with E-state index in [4.69, 9.17) is 9.47 Å². The molecule has 0 aromatic heterocycles. The van der Waals surface area contributed by atoms with Gasteiger partial charge in [-0.15, -0.1) is 0 Å². The van der Waals surface area contributed by atoms with Crippen LogP contribution in [0.1, 0.15) is 44.7 Å². The van der Waals surface area contributed by atoms with E-state index in [-0.39, 0.29) is 6.09 Å². The number of hydrogen-bond acceptors (Lipinski definition) is 4. The van der Waals surface area contributed by atoms with Crippen LogP contribution in [0.4, 0.5) is 4.79 Å². The summed E-state index contributed by atoms with van der Waals surface area (Å²) in [4.78, 5) is 13.8. The fraction of sp³-hybridized carbons (Fsp3) is 0.611. The van der Waals surface area contributed by atoms with E-state index in [1.807, 2.05) is 45.9 Å². The van der Waals surface area contributed by atoms with Crippen molar-refractivity contribution in [3.63, 3.8) is 0 Å². The number of rotatable bonds is 2. The summed E-state index contributed by atoms with van der Waals surface area (Å²) < 4.78 is 10.6. The second kappa shape index (κ2) is 6.40. The van der Waals surface area contributed by atoms with Gasteiger partial charge >= 0.3 is 6.09 Å². The third-order valence-corrected chi connectivity index (χ3v) is 4.18. The van der Waals surface area contributed by atoms with Crippen LogP contribution in [0.15, 0.2) is 18.2 Å². The van der Waals surface area contributed by atoms with Gasteiger partial charge in [-0.2, -0.15) is 0 Å². The Labute approximate surface area is 138 Å². The molecule has 2 rings (SSSR count). The fourth-order valence-electron chi connectivity index (χ4n) is 2.94. The number of ether oxygens (including phenoxy) is 2. The Morgan fingerprint density at radius 3 is 2.35 bits per heavy atom. The predicted molar refractivity (Wildman–Crippen MR) is 88.7 cm³/mol. The fourth-order valence-corrected chi connectivity index (χ4v) is 2.94. The number of carbonyl (C=O) groups excluding carboxylic acids is 1. The lowest BCUT2D eigenvalue weighted by Crippen LogP contribution is -2.47. The van der Waals surface area contributed by atoms with Gasteiger partial charge in [0, 0.05) is 13.1 Å². The van der Waals surface area contributed by atoms with E-state index in [0.29, 0.717) is 25.9 Å². The van der Waals surface area contributed by atoms with Crippen molar-refractivity contribution >= 4 is 6.09 Å². The molecule has 1 fully saturated rings. The summed E-state index contributed by atoms with van der Waals surface area (Å²) in [6.45, 7) is 8.49. The number of carbonyl (C=O) groups is 1. The van der Waals surface area contributed by atoms with Gasteiger partial charge in [0.05, 0.1) is 12.7 Å². The van der Waals surface area contributed by atoms with Crippen molar-refractivity contribution in [2.45, 2.75) is 51.7 Å². The maximum atomic E-state index is 12.1. The first-order valence-electron chi connectivity index (χ1n) is 8.00. The standard InChI is InChI=1S/C18H27NO4/c1-13-12-14(22-5)6-7-15(13)18(21)8-10-19(11-9-18)16(20)23-17(2,3)4/h6-7,12,21H,8-11H2,1-5H3. The molecule has 1 aliphatic heterocycles. The van der Waals surface area contributed by atoms with Gasteiger partial charge in [-0.05, 0) is 63.8 Å². The lowest BCUT2D eigenvalue weighted by molar-refractivity contribution is -0.0359. The van der Waals surface area contributed by atoms with E-state index in [2.05, 4.69) is 0 Å². The highest BCUT2D eigenvalue weighted by Crippen LogP contribution is 2.36. The van der Waals surface area contributed by atoms with Crippen molar-refractivity contribution in [2.75, 3.05) is 20.2 Å². The van der Waals surface area contributed by atoms with Gasteiger partial charge in [0.1, 0.15) is 11.4 Å². The van der Waals surface area contributed by atoms with Crippen LogP contribution in [0.2, 0.25) is 0 Å². The molecule has 0 bridgehead atoms. The van der Waals surface area contributed by atoms with E-state index in [1.54, 1.807) is 12.0 Å². The highest BCUT2D eigenvalue weighted by molar-refractivity contribution is 5.68. The zero-order valence-electron chi connectivity index (χ0n) is 14.7. The SMILES string of the molecule is COc1ccc(C2(O)CCN(C(=O)OC(C)(C)C)CC2)c(C)c1. The average molecular weight is 321 g/mol. The van der Waals surface area contributed by atoms with E-state index in [1.165, 1.54) is 0 Å². The lowest BCUT2D eigenvalue weighted by Gasteiger charge is -2.39. The topological polar surface area (TPSA) is 59.0 Å². The smallest absolute Gasteiger partial charge is 0.410 e. The van der Waals surface area contributed by atoms with Crippen molar-refractivity contribution < 1.29 is 19.4 Å². The Kier molecular flexibility index (Phi) is 4.90. The molecule has 23 heavy (non-hydrogen) atoms. The van der Waals surface area contributed by atoms with Gasteiger partial charge in [-0.3, -0.25) is 0 Å². The summed E-state index contributed by atoms with van der Waals surface area (Å²) in [6.07, 6.45) is 0.685. The van der Waals surface area contributed by atoms with Crippen molar-refractivity contribution in [1.82, 2.24) is 4.90 Å². The number of likely N-dealkylation sites (tertiary alicyclic amines) is 1. The molecule has 5 heteroatoms. The highest BCUT2D eigenvalue weighted by Gasteiger charge is 2.37. The van der Waals surface area contributed by atoms with Crippen LogP contribution in [-0.2, 0) is 10.3 Å². The van der Waals surface area contributed by atoms with Crippen LogP contribution in [0.3, 0.4) is 0 Å². The van der Waals surface area contributed by atoms with Crippen LogP contribution in [0, 0.1) is 6.92 Å². The van der Waals surface area contributed by atoms with Crippen molar-refractivity contribution in [1.29, 1.82) is 0 Å². The molecule has 1 saturated heterocycles. The van der Waals surface area contributed by atoms with Gasteiger partial charge in [0.25, 0.3) is 0 Å². The second-order valence-electron chi connectivity index (χ2n) is 7.18. The minimum Gasteiger partial charge on any atom is -0.497 e. The minimum absolute atomic E-state index is 0.314. The van der Waals surface area contributed by atoms with Gasteiger partial charge < -0.3 is 19.5 Å². The molecule has 1 aromatic rings. The molecule has 0 radical (unpaired) electrons. The Hall–Kier alpha value is -1.75. The van der Waals surface area contributed by atoms with Crippen molar-refractivity contribution in [2.24, 2.45) is 0 Å². The largest absolute Gasteiger partial charge is 0.497 e. The maximum absolute atomic E-state index is 12.1. The first-order chi connectivity index (χ1) is 10.6. The first kappa shape index (κ1) is 17.6. The first-order valence-corrected chi connectivity index (χ1v) is 8.00. The molecule has 0 unspecified atom stereocenters. The Morgan fingerprint density at radius 1 is 1.26 bits per heavy atom. The number of piperidine rings is 1. The van der Waals surface area contributed by atoms with Crippen LogP contribution >= 0.6 is 0 Å². The predicted octanol–water partition coefficient (Wildman–Crippen LogP) is 3.22. The van der Waals surface area contributed by atoms with Crippen molar-refractivity contribution in [3.05, 3.63) is 29.3 Å². The van der Waals surface area contributed by atoms with Gasteiger partial charge in [-0.25, -0.2) is 4.79 Å². The van der Waals surface area contributed by atoms with E-state index < -0.39 is 11.2 Å². The molecule has 128 valence electrons. The second-order valence-corrected chi connectivity index (χ2v) is 7.18. The molecule has 1 N–H and O–H groups in total. The molecule has 1 aliphatic rings. The Morgan fingerprint density at radius 2 is 1.87 bits per heavy atom. The molecule has 1 aromatic carbocycles. The van der Waals surface area contributed by atoms with Crippen LogP contribution in [-0.4, -0.2) is 41.9 Å². The van der Waals surface area contributed by atoms with Crippen LogP contribution in [0.25, 0.3) is 0 Å². The molecule has 0 aliphatic carbocycles. The number of aliphatic hydroxyl groups is 1. The zero-order valence-corrected chi connectivity index (χ0v) is 14.7. The lowest BCUT2D eigenvalue weighted by atomic mass is 9.82. The number of hydrogen-bond donors (Lipinski definition) is 1. The molecule has 5 nitrogen and oxygen atoms in total. The summed E-state index contributed by atoms with van der Waals surface area (Å²) in [5.41, 5.74) is 0.492. The van der Waals surface area contributed by atoms with E-state index in [0.717, 1.165) is 16.9 Å². The molecular formula is C18H27NO4. The minimum atomic E-state index is -0.908. The monoisotopic (exact) mass is 321 g/mol. The third kappa shape index (κ3) is 4.16. The average Bonchev–Trinajstić information content (AvgIpc) is 2.45.